The van der Waals surface area contributed by atoms with E-state index in [2.05, 4.69) is 20.9 Å². The molecule has 0 aliphatic carbocycles. The average molecular weight is 689 g/mol. The zero-order valence-electron chi connectivity index (χ0n) is 23.2. The fourth-order valence-corrected chi connectivity index (χ4v) is 6.43. The molecule has 4 aromatic rings. The number of esters is 1. The minimum Gasteiger partial charge on any atom is -0.496 e. The summed E-state index contributed by atoms with van der Waals surface area (Å²) in [4.78, 5) is 42.9. The van der Waals surface area contributed by atoms with Crippen molar-refractivity contribution in [3.63, 3.8) is 0 Å². The van der Waals surface area contributed by atoms with Crippen molar-refractivity contribution < 1.29 is 28.3 Å². The van der Waals surface area contributed by atoms with Crippen molar-refractivity contribution in [3.8, 4) is 22.8 Å². The molecule has 0 radical (unpaired) electrons. The van der Waals surface area contributed by atoms with Crippen LogP contribution in [0.5, 0.6) is 11.5 Å². The quantitative estimate of drug-likeness (QED) is 0.136. The maximum absolute atomic E-state index is 14.0. The lowest BCUT2D eigenvalue weighted by atomic mass is 10.0. The Morgan fingerprint density at radius 1 is 1.21 bits per heavy atom. The van der Waals surface area contributed by atoms with Crippen molar-refractivity contribution in [2.75, 3.05) is 20.8 Å². The van der Waals surface area contributed by atoms with Crippen LogP contribution in [0.4, 0.5) is 5.69 Å². The fourth-order valence-electron chi connectivity index (χ4n) is 4.66. The van der Waals surface area contributed by atoms with Crippen molar-refractivity contribution in [2.24, 2.45) is 4.99 Å². The van der Waals surface area contributed by atoms with Gasteiger partial charge in [-0.1, -0.05) is 22.9 Å². The molecule has 1 aliphatic heterocycles. The molecule has 3 heterocycles. The highest BCUT2D eigenvalue weighted by Crippen LogP contribution is 2.38. The number of hydrogen-bond donors (Lipinski definition) is 0. The van der Waals surface area contributed by atoms with Crippen LogP contribution in [0, 0.1) is 10.1 Å². The van der Waals surface area contributed by atoms with Crippen molar-refractivity contribution in [2.45, 2.75) is 19.9 Å². The standard InChI is InChI=1S/C29H23BrClN3O8S/c1-5-41-28(36)25-14(2)32-29-33(27(35)24(43-29)11-15-10-18(30)23(40-4)13-22(15)39-3)26(25)21-9-8-20(42-21)17-12-16(34(37)38)6-7-19(17)31/h6-13,26H,5H2,1-4H3/b24-11-/t26-/m0/s1. The Labute approximate surface area is 261 Å². The lowest BCUT2D eigenvalue weighted by Gasteiger charge is -2.22. The molecule has 0 saturated carbocycles. The van der Waals surface area contributed by atoms with Gasteiger partial charge in [-0.3, -0.25) is 19.5 Å². The molecule has 0 unspecified atom stereocenters. The number of aromatic nitrogens is 1. The highest BCUT2D eigenvalue weighted by molar-refractivity contribution is 9.10. The zero-order valence-corrected chi connectivity index (χ0v) is 26.3. The number of furan rings is 1. The van der Waals surface area contributed by atoms with Gasteiger partial charge in [-0.25, -0.2) is 9.79 Å². The Kier molecular flexibility index (Phi) is 8.58. The van der Waals surface area contributed by atoms with Crippen molar-refractivity contribution in [1.29, 1.82) is 0 Å². The minimum absolute atomic E-state index is 0.103. The van der Waals surface area contributed by atoms with E-state index in [9.17, 15) is 19.7 Å². The average Bonchev–Trinajstić information content (AvgIpc) is 3.57. The second-order valence-electron chi connectivity index (χ2n) is 9.15. The van der Waals surface area contributed by atoms with E-state index >= 15 is 0 Å². The second kappa shape index (κ2) is 12.2. The summed E-state index contributed by atoms with van der Waals surface area (Å²) in [5, 5.41) is 11.6. The number of nitrogens with zero attached hydrogens (tertiary/aromatic N) is 3. The lowest BCUT2D eigenvalue weighted by Crippen LogP contribution is -2.39. The van der Waals surface area contributed by atoms with E-state index in [0.717, 1.165) is 11.3 Å². The van der Waals surface area contributed by atoms with E-state index in [1.807, 2.05) is 0 Å². The van der Waals surface area contributed by atoms with Crippen LogP contribution < -0.4 is 24.4 Å². The molecule has 0 N–H and O–H groups in total. The molecule has 0 saturated heterocycles. The van der Waals surface area contributed by atoms with Crippen LogP contribution in [0.3, 0.4) is 0 Å². The van der Waals surface area contributed by atoms with E-state index in [1.54, 1.807) is 44.2 Å². The molecular weight excluding hydrogens is 666 g/mol. The van der Waals surface area contributed by atoms with E-state index in [1.165, 1.54) is 37.0 Å². The molecule has 2 aromatic heterocycles. The number of carbonyl (C=O) groups excluding carboxylic acids is 1. The van der Waals surface area contributed by atoms with Crippen molar-refractivity contribution in [3.05, 3.63) is 104 Å². The molecule has 0 spiro atoms. The molecule has 11 nitrogen and oxygen atoms in total. The van der Waals surface area contributed by atoms with Gasteiger partial charge < -0.3 is 18.6 Å². The number of hydrogen-bond acceptors (Lipinski definition) is 10. The first-order valence-corrected chi connectivity index (χ1v) is 14.7. The molecule has 2 aromatic carbocycles. The third-order valence-electron chi connectivity index (χ3n) is 6.63. The van der Waals surface area contributed by atoms with Gasteiger partial charge in [-0.05, 0) is 60.1 Å². The monoisotopic (exact) mass is 687 g/mol. The number of fused-ring (bicyclic) bond motifs is 1. The summed E-state index contributed by atoms with van der Waals surface area (Å²) in [6, 6.07) is 9.58. The maximum Gasteiger partial charge on any atom is 0.338 e. The van der Waals surface area contributed by atoms with Gasteiger partial charge in [0.25, 0.3) is 11.2 Å². The largest absolute Gasteiger partial charge is 0.496 e. The van der Waals surface area contributed by atoms with E-state index < -0.39 is 22.5 Å². The Morgan fingerprint density at radius 3 is 2.63 bits per heavy atom. The number of halogens is 2. The SMILES string of the molecule is CCOC(=O)C1=C(C)N=c2s/c(=C\c3cc(Br)c(OC)cc3OC)c(=O)n2[C@H]1c1ccc(-c2cc([N+](=O)[O-])ccc2Cl)o1. The number of non-ortho nitro benzene ring substituents is 1. The van der Waals surface area contributed by atoms with Crippen LogP contribution in [0.1, 0.15) is 31.2 Å². The fraction of sp³-hybridized carbons (Fsp3) is 0.207. The molecule has 0 amide bonds. The molecule has 14 heteroatoms. The van der Waals surface area contributed by atoms with Gasteiger partial charge in [0, 0.05) is 29.3 Å². The Hall–Kier alpha value is -4.20. The molecule has 222 valence electrons. The summed E-state index contributed by atoms with van der Waals surface area (Å²) < 4.78 is 24.7. The van der Waals surface area contributed by atoms with Gasteiger partial charge in [0.15, 0.2) is 4.80 Å². The number of rotatable bonds is 8. The Morgan fingerprint density at radius 2 is 1.95 bits per heavy atom. The normalized spacial score (nSPS) is 14.7. The number of nitro benzene ring substituents is 1. The number of thiazole rings is 1. The topological polar surface area (TPSA) is 135 Å². The van der Waals surface area contributed by atoms with Crippen LogP contribution in [-0.2, 0) is 9.53 Å². The molecule has 1 atom stereocenters. The molecule has 5 rings (SSSR count). The molecule has 0 fully saturated rings. The summed E-state index contributed by atoms with van der Waals surface area (Å²) in [5.74, 6) is 0.817. The van der Waals surface area contributed by atoms with Gasteiger partial charge >= 0.3 is 5.97 Å². The summed E-state index contributed by atoms with van der Waals surface area (Å²) in [6.45, 7) is 3.43. The van der Waals surface area contributed by atoms with Crippen LogP contribution in [0.2, 0.25) is 5.02 Å². The van der Waals surface area contributed by atoms with Crippen LogP contribution in [0.25, 0.3) is 17.4 Å². The minimum atomic E-state index is -1.03. The van der Waals surface area contributed by atoms with Crippen LogP contribution in [-0.4, -0.2) is 36.3 Å². The zero-order chi connectivity index (χ0) is 31.0. The first kappa shape index (κ1) is 30.3. The van der Waals surface area contributed by atoms with Crippen LogP contribution in [0.15, 0.2) is 72.4 Å². The molecule has 1 aliphatic rings. The first-order chi connectivity index (χ1) is 20.6. The van der Waals surface area contributed by atoms with Crippen LogP contribution >= 0.6 is 38.9 Å². The maximum atomic E-state index is 14.0. The summed E-state index contributed by atoms with van der Waals surface area (Å²) >= 11 is 11.0. The van der Waals surface area contributed by atoms with Gasteiger partial charge in [0.1, 0.15) is 29.1 Å². The van der Waals surface area contributed by atoms with Gasteiger partial charge in [-0.2, -0.15) is 0 Å². The molecular formula is C29H23BrClN3O8S. The number of methoxy groups -OCH3 is 2. The van der Waals surface area contributed by atoms with Gasteiger partial charge in [0.05, 0.1) is 51.0 Å². The highest BCUT2D eigenvalue weighted by Gasteiger charge is 2.35. The number of benzene rings is 2. The predicted molar refractivity (Wildman–Crippen MR) is 163 cm³/mol. The Bertz CT molecular complexity index is 1990. The van der Waals surface area contributed by atoms with Crippen molar-refractivity contribution >= 4 is 56.6 Å². The van der Waals surface area contributed by atoms with E-state index in [4.69, 9.17) is 30.2 Å². The number of nitro groups is 1. The van der Waals surface area contributed by atoms with Crippen molar-refractivity contribution in [1.82, 2.24) is 4.57 Å². The van der Waals surface area contributed by atoms with Gasteiger partial charge in [0.2, 0.25) is 0 Å². The molecule has 43 heavy (non-hydrogen) atoms. The predicted octanol–water partition coefficient (Wildman–Crippen LogP) is 5.40. The third kappa shape index (κ3) is 5.63. The third-order valence-corrected chi connectivity index (χ3v) is 8.56. The number of ether oxygens (including phenoxy) is 3. The first-order valence-electron chi connectivity index (χ1n) is 12.7. The smallest absolute Gasteiger partial charge is 0.338 e. The number of carbonyl (C=O) groups is 1. The van der Waals surface area contributed by atoms with E-state index in [-0.39, 0.29) is 40.0 Å². The highest BCUT2D eigenvalue weighted by atomic mass is 79.9. The summed E-state index contributed by atoms with van der Waals surface area (Å²) in [5.41, 5.74) is 0.769. The van der Waals surface area contributed by atoms with Gasteiger partial charge in [-0.15, -0.1) is 0 Å². The lowest BCUT2D eigenvalue weighted by molar-refractivity contribution is -0.384. The van der Waals surface area contributed by atoms with E-state index in [0.29, 0.717) is 36.6 Å². The second-order valence-corrected chi connectivity index (χ2v) is 11.4. The Balaban J connectivity index is 1.71. The summed E-state index contributed by atoms with van der Waals surface area (Å²) in [7, 11) is 3.05. The number of allylic oxidation sites excluding steroid dienone is 1. The molecule has 0 bridgehead atoms. The summed E-state index contributed by atoms with van der Waals surface area (Å²) in [6.07, 6.45) is 1.67.